The summed E-state index contributed by atoms with van der Waals surface area (Å²) in [7, 11) is 0. The molecule has 3 N–H and O–H groups in total. The number of nitrogens with one attached hydrogen (secondary N) is 2. The maximum Gasteiger partial charge on any atom is 0.244 e. The molecule has 0 bridgehead atoms. The highest BCUT2D eigenvalue weighted by atomic mass is 16.2. The van der Waals surface area contributed by atoms with E-state index in [4.69, 9.17) is 5.11 Å². The first-order chi connectivity index (χ1) is 9.81. The van der Waals surface area contributed by atoms with Crippen molar-refractivity contribution in [2.75, 3.05) is 19.8 Å². The summed E-state index contributed by atoms with van der Waals surface area (Å²) in [4.78, 5) is 11.4. The Balaban J connectivity index is 3.19. The van der Waals surface area contributed by atoms with Gasteiger partial charge in [-0.05, 0) is 31.9 Å². The van der Waals surface area contributed by atoms with Crippen molar-refractivity contribution >= 4 is 5.91 Å². The zero-order chi connectivity index (χ0) is 14.9. The van der Waals surface area contributed by atoms with Gasteiger partial charge in [0.05, 0.1) is 6.67 Å². The normalized spacial score (nSPS) is 11.1. The third-order valence-electron chi connectivity index (χ3n) is 3.14. The topological polar surface area (TPSA) is 61.4 Å². The molecule has 4 nitrogen and oxygen atoms in total. The molecule has 0 atom stereocenters. The second-order valence-corrected chi connectivity index (χ2v) is 5.11. The number of amides is 1. The molecule has 0 aliphatic rings. The molecule has 20 heavy (non-hydrogen) atoms. The van der Waals surface area contributed by atoms with Crippen molar-refractivity contribution in [3.05, 3.63) is 12.2 Å². The van der Waals surface area contributed by atoms with Crippen molar-refractivity contribution in [1.29, 1.82) is 0 Å². The van der Waals surface area contributed by atoms with Gasteiger partial charge in [-0.25, -0.2) is 0 Å². The van der Waals surface area contributed by atoms with Gasteiger partial charge in [-0.1, -0.05) is 51.5 Å². The molecule has 0 aromatic carbocycles. The summed E-state index contributed by atoms with van der Waals surface area (Å²) >= 11 is 0. The summed E-state index contributed by atoms with van der Waals surface area (Å²) in [6.45, 7) is 3.94. The molecule has 0 fully saturated rings. The second kappa shape index (κ2) is 16.2. The molecule has 0 aliphatic carbocycles. The quantitative estimate of drug-likeness (QED) is 0.261. The number of aliphatic hydroxyl groups excluding tert-OH is 1. The van der Waals surface area contributed by atoms with Crippen molar-refractivity contribution in [3.8, 4) is 0 Å². The largest absolute Gasteiger partial charge is 0.396 e. The first kappa shape index (κ1) is 19.1. The highest BCUT2D eigenvalue weighted by molar-refractivity contribution is 5.87. The van der Waals surface area contributed by atoms with Gasteiger partial charge in [-0.15, -0.1) is 0 Å². The minimum Gasteiger partial charge on any atom is -0.396 e. The van der Waals surface area contributed by atoms with E-state index >= 15 is 0 Å². The van der Waals surface area contributed by atoms with E-state index in [0.717, 1.165) is 45.1 Å². The minimum absolute atomic E-state index is 0.0161. The molecule has 0 radical (unpaired) electrons. The Morgan fingerprint density at radius 1 is 1.05 bits per heavy atom. The standard InChI is InChI=1S/C16H32N2O2/c1-2-3-4-9-12-16(20)18-15-17-13-10-7-5-6-8-11-14-19/h9,12,17,19H,2-8,10-11,13-15H2,1H3,(H,18,20)/b12-9+. The van der Waals surface area contributed by atoms with Crippen molar-refractivity contribution < 1.29 is 9.90 Å². The molecule has 0 rings (SSSR count). The van der Waals surface area contributed by atoms with Crippen LogP contribution in [0.3, 0.4) is 0 Å². The van der Waals surface area contributed by atoms with Gasteiger partial charge >= 0.3 is 0 Å². The van der Waals surface area contributed by atoms with Crippen LogP contribution in [0.15, 0.2) is 12.2 Å². The number of unbranched alkanes of at least 4 members (excludes halogenated alkanes) is 7. The van der Waals surface area contributed by atoms with Gasteiger partial charge in [0.25, 0.3) is 0 Å². The van der Waals surface area contributed by atoms with Gasteiger partial charge in [-0.2, -0.15) is 0 Å². The van der Waals surface area contributed by atoms with Crippen LogP contribution in [0.25, 0.3) is 0 Å². The van der Waals surface area contributed by atoms with Gasteiger partial charge in [0.15, 0.2) is 0 Å². The number of aliphatic hydroxyl groups is 1. The molecule has 0 spiro atoms. The molecule has 0 unspecified atom stereocenters. The van der Waals surface area contributed by atoms with Crippen LogP contribution in [0.1, 0.15) is 64.7 Å². The Morgan fingerprint density at radius 2 is 1.75 bits per heavy atom. The maximum absolute atomic E-state index is 11.4. The van der Waals surface area contributed by atoms with Crippen LogP contribution in [0.5, 0.6) is 0 Å². The lowest BCUT2D eigenvalue weighted by Gasteiger charge is -2.05. The highest BCUT2D eigenvalue weighted by Crippen LogP contribution is 2.04. The van der Waals surface area contributed by atoms with E-state index in [0.29, 0.717) is 13.3 Å². The average molecular weight is 284 g/mol. The van der Waals surface area contributed by atoms with E-state index in [-0.39, 0.29) is 5.91 Å². The number of rotatable bonds is 14. The van der Waals surface area contributed by atoms with Crippen LogP contribution < -0.4 is 10.6 Å². The molecule has 118 valence electrons. The Kier molecular flexibility index (Phi) is 15.5. The number of carbonyl (C=O) groups is 1. The lowest BCUT2D eigenvalue weighted by atomic mass is 10.1. The Bertz CT molecular complexity index is 243. The van der Waals surface area contributed by atoms with Crippen LogP contribution in [0.4, 0.5) is 0 Å². The molecular weight excluding hydrogens is 252 g/mol. The van der Waals surface area contributed by atoms with Crippen LogP contribution in [-0.4, -0.2) is 30.8 Å². The smallest absolute Gasteiger partial charge is 0.244 e. The third kappa shape index (κ3) is 15.2. The van der Waals surface area contributed by atoms with Crippen LogP contribution in [-0.2, 0) is 4.79 Å². The summed E-state index contributed by atoms with van der Waals surface area (Å²) in [5.74, 6) is -0.0161. The van der Waals surface area contributed by atoms with E-state index in [2.05, 4.69) is 17.6 Å². The van der Waals surface area contributed by atoms with Crippen molar-refractivity contribution in [1.82, 2.24) is 10.6 Å². The molecular formula is C16H32N2O2. The monoisotopic (exact) mass is 284 g/mol. The van der Waals surface area contributed by atoms with Crippen molar-refractivity contribution in [3.63, 3.8) is 0 Å². The molecule has 4 heteroatoms. The van der Waals surface area contributed by atoms with E-state index in [1.165, 1.54) is 19.3 Å². The van der Waals surface area contributed by atoms with E-state index in [9.17, 15) is 4.79 Å². The summed E-state index contributed by atoms with van der Waals surface area (Å²) in [6.07, 6.45) is 13.7. The lowest BCUT2D eigenvalue weighted by molar-refractivity contribution is -0.116. The van der Waals surface area contributed by atoms with Gasteiger partial charge in [0.2, 0.25) is 5.91 Å². The highest BCUT2D eigenvalue weighted by Gasteiger charge is 1.94. The summed E-state index contributed by atoms with van der Waals surface area (Å²) in [6, 6.07) is 0. The summed E-state index contributed by atoms with van der Waals surface area (Å²) in [5.41, 5.74) is 0. The van der Waals surface area contributed by atoms with Gasteiger partial charge in [0.1, 0.15) is 0 Å². The van der Waals surface area contributed by atoms with Crippen LogP contribution in [0.2, 0.25) is 0 Å². The predicted octanol–water partition coefficient (Wildman–Crippen LogP) is 2.73. The Labute approximate surface area is 124 Å². The number of carbonyl (C=O) groups excluding carboxylic acids is 1. The van der Waals surface area contributed by atoms with Gasteiger partial charge in [-0.3, -0.25) is 10.1 Å². The molecule has 0 saturated heterocycles. The van der Waals surface area contributed by atoms with Crippen LogP contribution >= 0.6 is 0 Å². The predicted molar refractivity (Wildman–Crippen MR) is 84.5 cm³/mol. The maximum atomic E-state index is 11.4. The van der Waals surface area contributed by atoms with E-state index < -0.39 is 0 Å². The van der Waals surface area contributed by atoms with Gasteiger partial charge in [0, 0.05) is 6.61 Å². The zero-order valence-electron chi connectivity index (χ0n) is 13.0. The SMILES string of the molecule is CCCC/C=C/C(=O)NCNCCCCCCCCO. The Hall–Kier alpha value is -0.870. The fourth-order valence-electron chi connectivity index (χ4n) is 1.88. The second-order valence-electron chi connectivity index (χ2n) is 5.11. The van der Waals surface area contributed by atoms with E-state index in [1.54, 1.807) is 6.08 Å². The minimum atomic E-state index is -0.0161. The zero-order valence-corrected chi connectivity index (χ0v) is 13.0. The first-order valence-electron chi connectivity index (χ1n) is 8.07. The fraction of sp³-hybridized carbons (Fsp3) is 0.812. The Morgan fingerprint density at radius 3 is 2.45 bits per heavy atom. The van der Waals surface area contributed by atoms with Crippen LogP contribution in [0, 0.1) is 0 Å². The molecule has 0 aliphatic heterocycles. The molecule has 1 amide bonds. The van der Waals surface area contributed by atoms with Crippen molar-refractivity contribution in [2.24, 2.45) is 0 Å². The van der Waals surface area contributed by atoms with Crippen molar-refractivity contribution in [2.45, 2.75) is 64.7 Å². The average Bonchev–Trinajstić information content (AvgIpc) is 2.45. The summed E-state index contributed by atoms with van der Waals surface area (Å²) in [5, 5.41) is 14.7. The molecule has 0 saturated carbocycles. The van der Waals surface area contributed by atoms with E-state index in [1.807, 2.05) is 6.08 Å². The number of allylic oxidation sites excluding steroid dienone is 1. The van der Waals surface area contributed by atoms with Gasteiger partial charge < -0.3 is 10.4 Å². The molecule has 0 heterocycles. The number of hydrogen-bond acceptors (Lipinski definition) is 3. The molecule has 0 aromatic heterocycles. The molecule has 0 aromatic rings. The summed E-state index contributed by atoms with van der Waals surface area (Å²) < 4.78 is 0. The first-order valence-corrected chi connectivity index (χ1v) is 8.07. The fourth-order valence-corrected chi connectivity index (χ4v) is 1.88. The third-order valence-corrected chi connectivity index (χ3v) is 3.14. The number of hydrogen-bond donors (Lipinski definition) is 3. The lowest BCUT2D eigenvalue weighted by Crippen LogP contribution is -2.33.